The van der Waals surface area contributed by atoms with Gasteiger partial charge in [0, 0.05) is 0 Å². The van der Waals surface area contributed by atoms with E-state index in [-0.39, 0.29) is 0 Å². The van der Waals surface area contributed by atoms with Crippen LogP contribution in [-0.2, 0) is 0 Å². The minimum atomic E-state index is -0.702. The molecule has 0 aromatic rings. The van der Waals surface area contributed by atoms with Gasteiger partial charge in [0.1, 0.15) is 0 Å². The van der Waals surface area contributed by atoms with Gasteiger partial charge < -0.3 is 5.11 Å². The first-order chi connectivity index (χ1) is 9.09. The van der Waals surface area contributed by atoms with E-state index in [1.165, 1.54) is 12.8 Å². The molecule has 108 valence electrons. The van der Waals surface area contributed by atoms with Gasteiger partial charge in [0.15, 0.2) is 0 Å². The average Bonchev–Trinajstić information content (AvgIpc) is 2.48. The first-order valence-electron chi connectivity index (χ1n) is 8.23. The Hall–Kier alpha value is -0.550. The number of nitriles is 1. The zero-order valence-electron chi connectivity index (χ0n) is 12.6. The highest BCUT2D eigenvalue weighted by Crippen LogP contribution is 2.53. The van der Waals surface area contributed by atoms with Crippen LogP contribution in [0.1, 0.15) is 78.1 Å². The summed E-state index contributed by atoms with van der Waals surface area (Å²) in [4.78, 5) is 0. The lowest BCUT2D eigenvalue weighted by atomic mass is 9.57. The Morgan fingerprint density at radius 1 is 0.947 bits per heavy atom. The average molecular weight is 263 g/mol. The van der Waals surface area contributed by atoms with Gasteiger partial charge >= 0.3 is 0 Å². The molecule has 2 fully saturated rings. The van der Waals surface area contributed by atoms with E-state index in [2.05, 4.69) is 19.9 Å². The number of rotatable bonds is 3. The summed E-state index contributed by atoms with van der Waals surface area (Å²) in [5.74, 6) is 1.54. The van der Waals surface area contributed by atoms with Crippen LogP contribution in [0.3, 0.4) is 0 Å². The van der Waals surface area contributed by atoms with Crippen LogP contribution in [0.5, 0.6) is 0 Å². The number of hydrogen-bond acceptors (Lipinski definition) is 2. The molecule has 0 atom stereocenters. The van der Waals surface area contributed by atoms with Crippen molar-refractivity contribution in [1.29, 1.82) is 5.26 Å². The number of nitrogens with zero attached hydrogens (tertiary/aromatic N) is 1. The second-order valence-electron chi connectivity index (χ2n) is 6.93. The molecular formula is C17H29NO. The number of aliphatic hydroxyl groups is 1. The van der Waals surface area contributed by atoms with Crippen molar-refractivity contribution in [2.45, 2.75) is 83.7 Å². The van der Waals surface area contributed by atoms with Crippen LogP contribution in [0, 0.1) is 28.6 Å². The standard InChI is InChI=1S/C17H29NO/c1-3-14-5-9-16(13-18,10-6-14)17(19)11-7-15(4-2)8-12-17/h14-15,19H,3-12H2,1-2H3. The van der Waals surface area contributed by atoms with Crippen molar-refractivity contribution in [3.63, 3.8) is 0 Å². The molecule has 0 bridgehead atoms. The molecule has 19 heavy (non-hydrogen) atoms. The van der Waals surface area contributed by atoms with Gasteiger partial charge in [-0.2, -0.15) is 5.26 Å². The smallest absolute Gasteiger partial charge is 0.0860 e. The van der Waals surface area contributed by atoms with Crippen molar-refractivity contribution in [2.75, 3.05) is 0 Å². The zero-order valence-corrected chi connectivity index (χ0v) is 12.6. The van der Waals surface area contributed by atoms with E-state index in [1.54, 1.807) is 0 Å². The summed E-state index contributed by atoms with van der Waals surface area (Å²) in [6, 6.07) is 2.56. The highest BCUT2D eigenvalue weighted by Gasteiger charge is 2.52. The molecular weight excluding hydrogens is 234 g/mol. The van der Waals surface area contributed by atoms with Crippen LogP contribution in [0.2, 0.25) is 0 Å². The summed E-state index contributed by atoms with van der Waals surface area (Å²) in [7, 11) is 0. The molecule has 2 nitrogen and oxygen atoms in total. The lowest BCUT2D eigenvalue weighted by molar-refractivity contribution is -0.109. The highest BCUT2D eigenvalue weighted by molar-refractivity contribution is 5.14. The molecule has 0 heterocycles. The van der Waals surface area contributed by atoms with Crippen molar-refractivity contribution in [2.24, 2.45) is 17.3 Å². The van der Waals surface area contributed by atoms with Gasteiger partial charge in [0.25, 0.3) is 0 Å². The molecule has 0 aromatic heterocycles. The largest absolute Gasteiger partial charge is 0.388 e. The Labute approximate surface area is 118 Å². The van der Waals surface area contributed by atoms with Gasteiger partial charge in [0.05, 0.1) is 17.1 Å². The van der Waals surface area contributed by atoms with Gasteiger partial charge in [-0.05, 0) is 63.2 Å². The van der Waals surface area contributed by atoms with E-state index in [9.17, 15) is 10.4 Å². The third-order valence-corrected chi connectivity index (χ3v) is 6.15. The van der Waals surface area contributed by atoms with Crippen molar-refractivity contribution < 1.29 is 5.11 Å². The Kier molecular flexibility index (Phi) is 4.56. The first-order valence-corrected chi connectivity index (χ1v) is 8.23. The molecule has 0 unspecified atom stereocenters. The lowest BCUT2D eigenvalue weighted by Crippen LogP contribution is -2.51. The first kappa shape index (κ1) is 14.9. The van der Waals surface area contributed by atoms with E-state index in [4.69, 9.17) is 0 Å². The highest BCUT2D eigenvalue weighted by atomic mass is 16.3. The monoisotopic (exact) mass is 263 g/mol. The third kappa shape index (κ3) is 2.68. The van der Waals surface area contributed by atoms with Gasteiger partial charge in [-0.1, -0.05) is 26.7 Å². The van der Waals surface area contributed by atoms with Crippen molar-refractivity contribution in [3.05, 3.63) is 0 Å². The summed E-state index contributed by atoms with van der Waals surface area (Å²) in [5, 5.41) is 20.8. The minimum Gasteiger partial charge on any atom is -0.388 e. The second kappa shape index (κ2) is 5.83. The maximum atomic E-state index is 11.1. The molecule has 0 radical (unpaired) electrons. The van der Waals surface area contributed by atoms with E-state index < -0.39 is 11.0 Å². The maximum Gasteiger partial charge on any atom is 0.0860 e. The molecule has 1 N–H and O–H groups in total. The van der Waals surface area contributed by atoms with Crippen LogP contribution in [-0.4, -0.2) is 10.7 Å². The Bertz CT molecular complexity index is 328. The van der Waals surface area contributed by atoms with Crippen LogP contribution >= 0.6 is 0 Å². The third-order valence-electron chi connectivity index (χ3n) is 6.15. The topological polar surface area (TPSA) is 44.0 Å². The van der Waals surface area contributed by atoms with Crippen LogP contribution < -0.4 is 0 Å². The molecule has 2 aliphatic rings. The van der Waals surface area contributed by atoms with Gasteiger partial charge in [-0.3, -0.25) is 0 Å². The van der Waals surface area contributed by atoms with Gasteiger partial charge in [-0.25, -0.2) is 0 Å². The normalized spacial score (nSPS) is 43.7. The zero-order chi connectivity index (χ0) is 13.9. The molecule has 0 amide bonds. The SMILES string of the molecule is CCC1CCC(O)(C2(C#N)CCC(CC)CC2)CC1. The van der Waals surface area contributed by atoms with E-state index in [0.717, 1.165) is 63.2 Å². The molecule has 0 spiro atoms. The second-order valence-corrected chi connectivity index (χ2v) is 6.93. The van der Waals surface area contributed by atoms with Crippen LogP contribution in [0.15, 0.2) is 0 Å². The fraction of sp³-hybridized carbons (Fsp3) is 0.941. The fourth-order valence-electron chi connectivity index (χ4n) is 4.30. The lowest BCUT2D eigenvalue weighted by Gasteiger charge is -2.49. The maximum absolute atomic E-state index is 11.1. The molecule has 2 heteroatoms. The number of hydrogen-bond donors (Lipinski definition) is 1. The fourth-order valence-corrected chi connectivity index (χ4v) is 4.30. The summed E-state index contributed by atoms with van der Waals surface area (Å²) < 4.78 is 0. The van der Waals surface area contributed by atoms with Crippen molar-refractivity contribution in [1.82, 2.24) is 0 Å². The molecule has 2 rings (SSSR count). The van der Waals surface area contributed by atoms with E-state index in [0.29, 0.717) is 0 Å². The van der Waals surface area contributed by atoms with E-state index >= 15 is 0 Å². The quantitative estimate of drug-likeness (QED) is 0.818. The van der Waals surface area contributed by atoms with Crippen molar-refractivity contribution >= 4 is 0 Å². The molecule has 0 aliphatic heterocycles. The van der Waals surface area contributed by atoms with Crippen LogP contribution in [0.4, 0.5) is 0 Å². The predicted molar refractivity (Wildman–Crippen MR) is 77.5 cm³/mol. The molecule has 2 aliphatic carbocycles. The summed E-state index contributed by atoms with van der Waals surface area (Å²) in [5.41, 5.74) is -1.15. The van der Waals surface area contributed by atoms with Crippen molar-refractivity contribution in [3.8, 4) is 6.07 Å². The Morgan fingerprint density at radius 3 is 1.74 bits per heavy atom. The van der Waals surface area contributed by atoms with E-state index in [1.807, 2.05) is 0 Å². The molecule has 0 saturated heterocycles. The predicted octanol–water partition coefficient (Wildman–Crippen LogP) is 4.43. The molecule has 0 aromatic carbocycles. The Balaban J connectivity index is 2.08. The molecule has 2 saturated carbocycles. The van der Waals surface area contributed by atoms with Gasteiger partial charge in [-0.15, -0.1) is 0 Å². The summed E-state index contributed by atoms with van der Waals surface area (Å²) in [6.45, 7) is 4.48. The van der Waals surface area contributed by atoms with Crippen LogP contribution in [0.25, 0.3) is 0 Å². The Morgan fingerprint density at radius 2 is 1.37 bits per heavy atom. The summed E-state index contributed by atoms with van der Waals surface area (Å²) >= 11 is 0. The summed E-state index contributed by atoms with van der Waals surface area (Å²) in [6.07, 6.45) is 10.4. The minimum absolute atomic E-state index is 0.447. The van der Waals surface area contributed by atoms with Gasteiger partial charge in [0.2, 0.25) is 0 Å².